The molecule has 0 saturated carbocycles. The maximum atomic E-state index is 13.2. The summed E-state index contributed by atoms with van der Waals surface area (Å²) in [5, 5.41) is 5.50. The Balaban J connectivity index is 1.41. The normalized spacial score (nSPS) is 12.8. The van der Waals surface area contributed by atoms with Crippen LogP contribution in [0.15, 0.2) is 72.8 Å². The van der Waals surface area contributed by atoms with E-state index < -0.39 is 17.8 Å². The van der Waals surface area contributed by atoms with Crippen LogP contribution >= 0.6 is 0 Å². The Kier molecular flexibility index (Phi) is 7.48. The van der Waals surface area contributed by atoms with Gasteiger partial charge in [-0.3, -0.25) is 19.4 Å². The van der Waals surface area contributed by atoms with E-state index >= 15 is 0 Å². The Labute approximate surface area is 208 Å². The first-order chi connectivity index (χ1) is 17.3. The summed E-state index contributed by atoms with van der Waals surface area (Å²) in [6.45, 7) is 3.78. The van der Waals surface area contributed by atoms with Crippen LogP contribution in [-0.4, -0.2) is 37.0 Å². The Morgan fingerprint density at radius 3 is 2.31 bits per heavy atom. The van der Waals surface area contributed by atoms with E-state index in [4.69, 9.17) is 4.74 Å². The molecule has 0 radical (unpaired) electrons. The first kappa shape index (κ1) is 24.7. The summed E-state index contributed by atoms with van der Waals surface area (Å²) in [5.74, 6) is -0.389. The zero-order chi connectivity index (χ0) is 25.7. The molecule has 0 aromatic heterocycles. The molecule has 3 aromatic rings. The zero-order valence-electron chi connectivity index (χ0n) is 20.0. The van der Waals surface area contributed by atoms with Crippen LogP contribution in [0.25, 0.3) is 0 Å². The maximum absolute atomic E-state index is 13.2. The SMILES string of the molecule is CC(C)Oc1ccc(CNC(=O)CN2C(=O)CN(C(=O)Nc3ccc(F)cc3)c3ccccc32)cc1. The van der Waals surface area contributed by atoms with Crippen molar-refractivity contribution in [1.29, 1.82) is 0 Å². The van der Waals surface area contributed by atoms with Crippen molar-refractivity contribution < 1.29 is 23.5 Å². The molecule has 0 atom stereocenters. The van der Waals surface area contributed by atoms with Crippen molar-refractivity contribution in [2.24, 2.45) is 0 Å². The lowest BCUT2D eigenvalue weighted by molar-refractivity contribution is -0.123. The van der Waals surface area contributed by atoms with Gasteiger partial charge in [-0.2, -0.15) is 0 Å². The predicted octanol–water partition coefficient (Wildman–Crippen LogP) is 4.31. The van der Waals surface area contributed by atoms with E-state index in [0.717, 1.165) is 11.3 Å². The molecule has 0 aliphatic carbocycles. The van der Waals surface area contributed by atoms with Gasteiger partial charge >= 0.3 is 6.03 Å². The van der Waals surface area contributed by atoms with Gasteiger partial charge in [0.1, 0.15) is 24.7 Å². The van der Waals surface area contributed by atoms with Crippen LogP contribution < -0.4 is 25.2 Å². The van der Waals surface area contributed by atoms with Crippen molar-refractivity contribution in [2.75, 3.05) is 28.2 Å². The lowest BCUT2D eigenvalue weighted by atomic mass is 10.1. The molecule has 36 heavy (non-hydrogen) atoms. The third-order valence-corrected chi connectivity index (χ3v) is 5.48. The Bertz CT molecular complexity index is 1250. The number of amides is 4. The second-order valence-electron chi connectivity index (χ2n) is 8.58. The van der Waals surface area contributed by atoms with E-state index in [-0.39, 0.29) is 25.1 Å². The Morgan fingerprint density at radius 1 is 0.972 bits per heavy atom. The lowest BCUT2D eigenvalue weighted by Gasteiger charge is -2.35. The number of urea groups is 1. The van der Waals surface area contributed by atoms with Gasteiger partial charge in [-0.1, -0.05) is 24.3 Å². The van der Waals surface area contributed by atoms with Crippen LogP contribution in [-0.2, 0) is 16.1 Å². The van der Waals surface area contributed by atoms with Crippen molar-refractivity contribution in [3.63, 3.8) is 0 Å². The number of nitrogens with one attached hydrogen (secondary N) is 2. The van der Waals surface area contributed by atoms with Crippen molar-refractivity contribution >= 4 is 34.9 Å². The first-order valence-electron chi connectivity index (χ1n) is 11.6. The molecule has 0 spiro atoms. The first-order valence-corrected chi connectivity index (χ1v) is 11.6. The number of anilines is 3. The van der Waals surface area contributed by atoms with Gasteiger partial charge in [-0.25, -0.2) is 9.18 Å². The summed E-state index contributed by atoms with van der Waals surface area (Å²) in [6, 6.07) is 19.1. The number of para-hydroxylation sites is 2. The maximum Gasteiger partial charge on any atom is 0.326 e. The minimum atomic E-state index is -0.531. The minimum absolute atomic E-state index is 0.0745. The number of halogens is 1. The fourth-order valence-corrected chi connectivity index (χ4v) is 3.80. The van der Waals surface area contributed by atoms with E-state index in [1.54, 1.807) is 24.3 Å². The Morgan fingerprint density at radius 2 is 1.64 bits per heavy atom. The van der Waals surface area contributed by atoms with Crippen molar-refractivity contribution in [2.45, 2.75) is 26.5 Å². The van der Waals surface area contributed by atoms with Gasteiger partial charge in [0.2, 0.25) is 11.8 Å². The molecule has 8 nitrogen and oxygen atoms in total. The lowest BCUT2D eigenvalue weighted by Crippen LogP contribution is -2.51. The molecule has 4 rings (SSSR count). The molecule has 1 heterocycles. The van der Waals surface area contributed by atoms with Crippen molar-refractivity contribution in [1.82, 2.24) is 5.32 Å². The van der Waals surface area contributed by atoms with Crippen LogP contribution in [0, 0.1) is 5.82 Å². The molecule has 2 N–H and O–H groups in total. The molecular formula is C27H27FN4O4. The minimum Gasteiger partial charge on any atom is -0.491 e. The molecule has 1 aliphatic heterocycles. The summed E-state index contributed by atoms with van der Waals surface area (Å²) in [6.07, 6.45) is 0.0745. The van der Waals surface area contributed by atoms with Crippen LogP contribution in [0.1, 0.15) is 19.4 Å². The van der Waals surface area contributed by atoms with Gasteiger partial charge in [-0.05, 0) is 67.9 Å². The van der Waals surface area contributed by atoms with Crippen molar-refractivity contribution in [3.8, 4) is 5.75 Å². The summed E-state index contributed by atoms with van der Waals surface area (Å²) < 4.78 is 18.8. The summed E-state index contributed by atoms with van der Waals surface area (Å²) in [5.41, 5.74) is 2.24. The van der Waals surface area contributed by atoms with Gasteiger partial charge in [-0.15, -0.1) is 0 Å². The number of fused-ring (bicyclic) bond motifs is 1. The number of rotatable bonds is 7. The highest BCUT2D eigenvalue weighted by Gasteiger charge is 2.33. The Hall–Kier alpha value is -4.40. The molecule has 1 aliphatic rings. The number of hydrogen-bond donors (Lipinski definition) is 2. The number of ether oxygens (including phenoxy) is 1. The summed E-state index contributed by atoms with van der Waals surface area (Å²) >= 11 is 0. The average Bonchev–Trinajstić information content (AvgIpc) is 2.86. The van der Waals surface area contributed by atoms with Crippen LogP contribution in [0.5, 0.6) is 5.75 Å². The molecule has 0 bridgehead atoms. The smallest absolute Gasteiger partial charge is 0.326 e. The molecular weight excluding hydrogens is 463 g/mol. The fourth-order valence-electron chi connectivity index (χ4n) is 3.80. The number of hydrogen-bond acceptors (Lipinski definition) is 4. The standard InChI is InChI=1S/C27H27FN4O4/c1-18(2)36-22-13-7-19(8-14-22)15-29-25(33)16-31-23-5-3-4-6-24(23)32(17-26(31)34)27(35)30-21-11-9-20(28)10-12-21/h3-14,18H,15-17H2,1-2H3,(H,29,33)(H,30,35). The summed E-state index contributed by atoms with van der Waals surface area (Å²) in [4.78, 5) is 41.2. The van der Waals surface area contributed by atoms with Gasteiger partial charge < -0.3 is 15.4 Å². The number of nitrogens with zero attached hydrogens (tertiary/aromatic N) is 2. The molecule has 4 amide bonds. The van der Waals surface area contributed by atoms with E-state index in [0.29, 0.717) is 23.6 Å². The average molecular weight is 491 g/mol. The highest BCUT2D eigenvalue weighted by atomic mass is 19.1. The largest absolute Gasteiger partial charge is 0.491 e. The second kappa shape index (κ2) is 10.9. The molecule has 186 valence electrons. The van der Waals surface area contributed by atoms with Crippen LogP contribution in [0.2, 0.25) is 0 Å². The van der Waals surface area contributed by atoms with Gasteiger partial charge in [0, 0.05) is 12.2 Å². The van der Waals surface area contributed by atoms with E-state index in [1.807, 2.05) is 38.1 Å². The number of carbonyl (C=O) groups is 3. The molecule has 0 saturated heterocycles. The number of carbonyl (C=O) groups excluding carboxylic acids is 3. The molecule has 9 heteroatoms. The summed E-state index contributed by atoms with van der Waals surface area (Å²) in [7, 11) is 0. The fraction of sp³-hybridized carbons (Fsp3) is 0.222. The monoisotopic (exact) mass is 490 g/mol. The van der Waals surface area contributed by atoms with Crippen LogP contribution in [0.4, 0.5) is 26.2 Å². The van der Waals surface area contributed by atoms with Gasteiger partial charge in [0.05, 0.1) is 17.5 Å². The zero-order valence-corrected chi connectivity index (χ0v) is 20.0. The third-order valence-electron chi connectivity index (χ3n) is 5.48. The number of benzene rings is 3. The predicted molar refractivity (Wildman–Crippen MR) is 136 cm³/mol. The van der Waals surface area contributed by atoms with Crippen molar-refractivity contribution in [3.05, 3.63) is 84.2 Å². The quantitative estimate of drug-likeness (QED) is 0.516. The van der Waals surface area contributed by atoms with E-state index in [1.165, 1.54) is 34.1 Å². The highest BCUT2D eigenvalue weighted by Crippen LogP contribution is 2.33. The molecule has 0 fully saturated rings. The highest BCUT2D eigenvalue weighted by molar-refractivity contribution is 6.15. The van der Waals surface area contributed by atoms with E-state index in [9.17, 15) is 18.8 Å². The van der Waals surface area contributed by atoms with Gasteiger partial charge in [0.15, 0.2) is 0 Å². The van der Waals surface area contributed by atoms with E-state index in [2.05, 4.69) is 10.6 Å². The molecule has 3 aromatic carbocycles. The third kappa shape index (κ3) is 5.99. The van der Waals surface area contributed by atoms with Gasteiger partial charge in [0.25, 0.3) is 0 Å². The topological polar surface area (TPSA) is 91.0 Å². The molecule has 0 unspecified atom stereocenters. The van der Waals surface area contributed by atoms with Crippen LogP contribution in [0.3, 0.4) is 0 Å². The second-order valence-corrected chi connectivity index (χ2v) is 8.58.